The average Bonchev–Trinajstić information content (AvgIpc) is 3.39. The lowest BCUT2D eigenvalue weighted by Crippen LogP contribution is -2.48. The Labute approximate surface area is 229 Å². The SMILES string of the molecule is CCC1CCCCN1S(=O)(=O)c1ccc(C(=O)NCCN2CCN(c3nc4c(C)cccc4s3)CC2)cc1. The van der Waals surface area contributed by atoms with Gasteiger partial charge >= 0.3 is 0 Å². The van der Waals surface area contributed by atoms with Crippen molar-refractivity contribution in [2.45, 2.75) is 50.5 Å². The Kier molecular flexibility index (Phi) is 8.32. The topological polar surface area (TPSA) is 85.8 Å². The summed E-state index contributed by atoms with van der Waals surface area (Å²) >= 11 is 1.75. The van der Waals surface area contributed by atoms with Crippen molar-refractivity contribution in [2.75, 3.05) is 50.7 Å². The van der Waals surface area contributed by atoms with Gasteiger partial charge in [-0.1, -0.05) is 36.8 Å². The highest BCUT2D eigenvalue weighted by molar-refractivity contribution is 7.89. The fraction of sp³-hybridized carbons (Fsp3) is 0.500. The largest absolute Gasteiger partial charge is 0.351 e. The van der Waals surface area contributed by atoms with Crippen LogP contribution in [0.2, 0.25) is 0 Å². The van der Waals surface area contributed by atoms with Crippen molar-refractivity contribution in [3.8, 4) is 0 Å². The number of amides is 1. The minimum Gasteiger partial charge on any atom is -0.351 e. The highest BCUT2D eigenvalue weighted by atomic mass is 32.2. The fourth-order valence-corrected chi connectivity index (χ4v) is 8.28. The third-order valence-corrected chi connectivity index (χ3v) is 10.8. The van der Waals surface area contributed by atoms with Crippen LogP contribution in [-0.2, 0) is 10.0 Å². The third kappa shape index (κ3) is 5.73. The maximum atomic E-state index is 13.2. The number of para-hydroxylation sites is 1. The van der Waals surface area contributed by atoms with Gasteiger partial charge in [-0.2, -0.15) is 4.31 Å². The molecule has 204 valence electrons. The summed E-state index contributed by atoms with van der Waals surface area (Å²) in [5.41, 5.74) is 2.79. The highest BCUT2D eigenvalue weighted by Crippen LogP contribution is 2.31. The molecular weight excluding hydrogens is 518 g/mol. The van der Waals surface area contributed by atoms with Crippen molar-refractivity contribution >= 4 is 42.6 Å². The Morgan fingerprint density at radius 3 is 2.53 bits per heavy atom. The minimum atomic E-state index is -3.54. The molecule has 1 atom stereocenters. The molecule has 2 aliphatic heterocycles. The number of rotatable bonds is 8. The van der Waals surface area contributed by atoms with Crippen molar-refractivity contribution in [3.05, 3.63) is 53.6 Å². The predicted octanol–water partition coefficient (Wildman–Crippen LogP) is 4.11. The molecule has 0 aliphatic carbocycles. The third-order valence-electron chi connectivity index (χ3n) is 7.73. The Hall–Kier alpha value is -2.53. The van der Waals surface area contributed by atoms with E-state index in [-0.39, 0.29) is 16.8 Å². The zero-order chi connectivity index (χ0) is 26.7. The number of hydrogen-bond donors (Lipinski definition) is 1. The van der Waals surface area contributed by atoms with Crippen molar-refractivity contribution in [1.82, 2.24) is 19.5 Å². The monoisotopic (exact) mass is 555 g/mol. The second kappa shape index (κ2) is 11.7. The Balaban J connectivity index is 1.09. The van der Waals surface area contributed by atoms with Gasteiger partial charge in [0.05, 0.1) is 15.1 Å². The van der Waals surface area contributed by atoms with Crippen LogP contribution in [0.3, 0.4) is 0 Å². The first-order chi connectivity index (χ1) is 18.4. The zero-order valence-corrected chi connectivity index (χ0v) is 23.9. The van der Waals surface area contributed by atoms with Crippen LogP contribution in [0.1, 0.15) is 48.5 Å². The quantitative estimate of drug-likeness (QED) is 0.450. The predicted molar refractivity (Wildman–Crippen MR) is 154 cm³/mol. The number of carbonyl (C=O) groups is 1. The summed E-state index contributed by atoms with van der Waals surface area (Å²) in [6, 6.07) is 12.7. The standard InChI is InChI=1S/C28H37N5O3S2/c1-3-23-8-4-5-15-33(23)38(35,36)24-12-10-22(11-13-24)27(34)29-14-16-31-17-19-32(20-18-31)28-30-26-21(2)7-6-9-25(26)37-28/h6-7,9-13,23H,3-5,8,14-20H2,1-2H3,(H,29,34). The molecule has 1 unspecified atom stereocenters. The number of anilines is 1. The summed E-state index contributed by atoms with van der Waals surface area (Å²) in [5.74, 6) is -0.179. The number of piperazine rings is 1. The smallest absolute Gasteiger partial charge is 0.251 e. The van der Waals surface area contributed by atoms with Crippen LogP contribution < -0.4 is 10.2 Å². The van der Waals surface area contributed by atoms with E-state index in [2.05, 4.69) is 40.2 Å². The van der Waals surface area contributed by atoms with Crippen LogP contribution >= 0.6 is 11.3 Å². The van der Waals surface area contributed by atoms with Gasteiger partial charge in [-0.25, -0.2) is 13.4 Å². The van der Waals surface area contributed by atoms with Gasteiger partial charge in [-0.3, -0.25) is 9.69 Å². The van der Waals surface area contributed by atoms with Gasteiger partial charge in [-0.05, 0) is 62.1 Å². The Bertz CT molecular complexity index is 1360. The molecule has 1 aromatic heterocycles. The number of carbonyl (C=O) groups excluding carboxylic acids is 1. The molecule has 3 aromatic rings. The lowest BCUT2D eigenvalue weighted by molar-refractivity contribution is 0.0947. The first kappa shape index (κ1) is 27.1. The van der Waals surface area contributed by atoms with Gasteiger partial charge in [0, 0.05) is 57.4 Å². The maximum absolute atomic E-state index is 13.2. The number of nitrogens with one attached hydrogen (secondary N) is 1. The van der Waals surface area contributed by atoms with Crippen molar-refractivity contribution < 1.29 is 13.2 Å². The van der Waals surface area contributed by atoms with Crippen LogP contribution in [0.5, 0.6) is 0 Å². The molecule has 10 heteroatoms. The fourth-order valence-electron chi connectivity index (χ4n) is 5.41. The summed E-state index contributed by atoms with van der Waals surface area (Å²) in [4.78, 5) is 22.5. The lowest BCUT2D eigenvalue weighted by atomic mass is 10.0. The minimum absolute atomic E-state index is 0.0593. The number of nitrogens with zero attached hydrogens (tertiary/aromatic N) is 4. The summed E-state index contributed by atoms with van der Waals surface area (Å²) in [7, 11) is -3.54. The van der Waals surface area contributed by atoms with Crippen LogP contribution in [0.4, 0.5) is 5.13 Å². The molecule has 0 bridgehead atoms. The molecule has 38 heavy (non-hydrogen) atoms. The summed E-state index contributed by atoms with van der Waals surface area (Å²) in [6.07, 6.45) is 3.69. The van der Waals surface area contributed by atoms with Crippen molar-refractivity contribution in [1.29, 1.82) is 0 Å². The van der Waals surface area contributed by atoms with Gasteiger partial charge in [0.1, 0.15) is 0 Å². The summed E-state index contributed by atoms with van der Waals surface area (Å²) in [6.45, 7) is 9.71. The van der Waals surface area contributed by atoms with Gasteiger partial charge in [0.15, 0.2) is 5.13 Å². The molecule has 2 aromatic carbocycles. The molecule has 3 heterocycles. The van der Waals surface area contributed by atoms with Gasteiger partial charge in [0.2, 0.25) is 10.0 Å². The zero-order valence-electron chi connectivity index (χ0n) is 22.2. The van der Waals surface area contributed by atoms with Crippen LogP contribution in [0.15, 0.2) is 47.4 Å². The summed E-state index contributed by atoms with van der Waals surface area (Å²) < 4.78 is 29.2. The second-order valence-electron chi connectivity index (χ2n) is 10.2. The molecule has 1 amide bonds. The number of thiazole rings is 1. The normalized spacial score (nSPS) is 19.6. The molecule has 2 aliphatic rings. The van der Waals surface area contributed by atoms with Crippen LogP contribution in [-0.4, -0.2) is 80.4 Å². The van der Waals surface area contributed by atoms with E-state index in [4.69, 9.17) is 4.98 Å². The highest BCUT2D eigenvalue weighted by Gasteiger charge is 2.32. The van der Waals surface area contributed by atoms with E-state index in [1.165, 1.54) is 10.3 Å². The van der Waals surface area contributed by atoms with E-state index in [1.807, 2.05) is 6.92 Å². The molecule has 5 rings (SSSR count). The number of fused-ring (bicyclic) bond motifs is 1. The van der Waals surface area contributed by atoms with Gasteiger partial charge in [0.25, 0.3) is 5.91 Å². The van der Waals surface area contributed by atoms with E-state index in [1.54, 1.807) is 39.9 Å². The first-order valence-corrected chi connectivity index (χ1v) is 15.9. The van der Waals surface area contributed by atoms with E-state index in [0.717, 1.165) is 69.1 Å². The number of piperidine rings is 1. The van der Waals surface area contributed by atoms with Crippen molar-refractivity contribution in [2.24, 2.45) is 0 Å². The molecule has 0 spiro atoms. The second-order valence-corrected chi connectivity index (χ2v) is 13.1. The molecule has 0 saturated carbocycles. The lowest BCUT2D eigenvalue weighted by Gasteiger charge is -2.34. The van der Waals surface area contributed by atoms with Gasteiger partial charge < -0.3 is 10.2 Å². The number of sulfonamides is 1. The molecular formula is C28H37N5O3S2. The van der Waals surface area contributed by atoms with E-state index in [9.17, 15) is 13.2 Å². The molecule has 8 nitrogen and oxygen atoms in total. The molecule has 1 N–H and O–H groups in total. The van der Waals surface area contributed by atoms with Crippen LogP contribution in [0.25, 0.3) is 10.2 Å². The van der Waals surface area contributed by atoms with Crippen molar-refractivity contribution in [3.63, 3.8) is 0 Å². The molecule has 2 fully saturated rings. The first-order valence-electron chi connectivity index (χ1n) is 13.6. The van der Waals surface area contributed by atoms with E-state index in [0.29, 0.717) is 18.7 Å². The molecule has 2 saturated heterocycles. The van der Waals surface area contributed by atoms with E-state index >= 15 is 0 Å². The number of aromatic nitrogens is 1. The Morgan fingerprint density at radius 1 is 1.05 bits per heavy atom. The van der Waals surface area contributed by atoms with Crippen LogP contribution in [0, 0.1) is 6.92 Å². The molecule has 0 radical (unpaired) electrons. The number of aryl methyl sites for hydroxylation is 1. The number of benzene rings is 2. The summed E-state index contributed by atoms with van der Waals surface area (Å²) in [5, 5.41) is 4.07. The maximum Gasteiger partial charge on any atom is 0.251 e. The number of hydrogen-bond acceptors (Lipinski definition) is 7. The average molecular weight is 556 g/mol. The van der Waals surface area contributed by atoms with E-state index < -0.39 is 10.0 Å². The van der Waals surface area contributed by atoms with Gasteiger partial charge in [-0.15, -0.1) is 0 Å². The Morgan fingerprint density at radius 2 is 1.82 bits per heavy atom.